The molecule has 0 bridgehead atoms. The lowest BCUT2D eigenvalue weighted by Gasteiger charge is -2.04. The predicted molar refractivity (Wildman–Crippen MR) is 62.3 cm³/mol. The van der Waals surface area contributed by atoms with Gasteiger partial charge in [-0.3, -0.25) is 0 Å². The molecule has 0 fully saturated rings. The Balaban J connectivity index is 2.24. The van der Waals surface area contributed by atoms with Gasteiger partial charge in [-0.1, -0.05) is 23.7 Å². The van der Waals surface area contributed by atoms with E-state index in [0.29, 0.717) is 18.2 Å². The fraction of sp³-hybridized carbons (Fsp3) is 0.182. The summed E-state index contributed by atoms with van der Waals surface area (Å²) in [5, 5.41) is 14.0. The van der Waals surface area contributed by atoms with Crippen LogP contribution >= 0.6 is 11.6 Å². The van der Waals surface area contributed by atoms with Crippen molar-refractivity contribution in [2.75, 3.05) is 0 Å². The first-order chi connectivity index (χ1) is 7.70. The van der Waals surface area contributed by atoms with Crippen LogP contribution < -0.4 is 5.73 Å². The molecule has 2 aromatic rings. The van der Waals surface area contributed by atoms with Crippen LogP contribution in [0.3, 0.4) is 0 Å². The number of rotatable bonds is 3. The molecule has 1 heterocycles. The maximum atomic E-state index is 9.33. The van der Waals surface area contributed by atoms with Crippen LogP contribution in [0.5, 0.6) is 5.75 Å². The van der Waals surface area contributed by atoms with Crippen molar-refractivity contribution < 1.29 is 5.11 Å². The summed E-state index contributed by atoms with van der Waals surface area (Å²) in [4.78, 5) is 0. The Morgan fingerprint density at radius 1 is 1.44 bits per heavy atom. The van der Waals surface area contributed by atoms with Gasteiger partial charge in [0, 0.05) is 12.1 Å². The minimum atomic E-state index is 0.236. The minimum Gasteiger partial charge on any atom is -0.508 e. The van der Waals surface area contributed by atoms with E-state index in [0.717, 1.165) is 11.1 Å². The Hall–Kier alpha value is -1.52. The third-order valence-electron chi connectivity index (χ3n) is 2.31. The van der Waals surface area contributed by atoms with Gasteiger partial charge >= 0.3 is 0 Å². The second kappa shape index (κ2) is 4.55. The summed E-state index contributed by atoms with van der Waals surface area (Å²) in [6, 6.07) is 6.99. The quantitative estimate of drug-likeness (QED) is 0.855. The lowest BCUT2D eigenvalue weighted by atomic mass is 10.2. The van der Waals surface area contributed by atoms with E-state index in [2.05, 4.69) is 5.10 Å². The molecule has 0 atom stereocenters. The summed E-state index contributed by atoms with van der Waals surface area (Å²) in [7, 11) is 0. The molecule has 0 amide bonds. The largest absolute Gasteiger partial charge is 0.508 e. The number of phenols is 1. The number of aromatic hydroxyl groups is 1. The zero-order valence-corrected chi connectivity index (χ0v) is 9.35. The standard InChI is InChI=1S/C11H12ClN3O/c12-11-9(5-13)6-14-15(11)7-8-2-1-3-10(16)4-8/h1-4,6,16H,5,7,13H2. The van der Waals surface area contributed by atoms with Crippen LogP contribution in [-0.2, 0) is 13.1 Å². The van der Waals surface area contributed by atoms with E-state index in [-0.39, 0.29) is 5.75 Å². The van der Waals surface area contributed by atoms with Crippen LogP contribution in [0.4, 0.5) is 0 Å². The van der Waals surface area contributed by atoms with E-state index >= 15 is 0 Å². The highest BCUT2D eigenvalue weighted by Gasteiger charge is 2.07. The van der Waals surface area contributed by atoms with Crippen molar-refractivity contribution in [1.29, 1.82) is 0 Å². The van der Waals surface area contributed by atoms with Crippen LogP contribution in [0, 0.1) is 0 Å². The Bertz CT molecular complexity index is 496. The lowest BCUT2D eigenvalue weighted by molar-refractivity contribution is 0.474. The molecular weight excluding hydrogens is 226 g/mol. The average Bonchev–Trinajstić information content (AvgIpc) is 2.60. The van der Waals surface area contributed by atoms with Crippen molar-refractivity contribution in [3.8, 4) is 5.75 Å². The molecule has 0 aliphatic carbocycles. The monoisotopic (exact) mass is 237 g/mol. The average molecular weight is 238 g/mol. The van der Waals surface area contributed by atoms with Crippen LogP contribution in [0.25, 0.3) is 0 Å². The molecule has 0 unspecified atom stereocenters. The topological polar surface area (TPSA) is 64.1 Å². The summed E-state index contributed by atoms with van der Waals surface area (Å²) >= 11 is 6.07. The lowest BCUT2D eigenvalue weighted by Crippen LogP contribution is -2.02. The first kappa shape index (κ1) is 11.0. The van der Waals surface area contributed by atoms with Crippen molar-refractivity contribution in [3.63, 3.8) is 0 Å². The first-order valence-electron chi connectivity index (χ1n) is 4.89. The Morgan fingerprint density at radius 3 is 2.88 bits per heavy atom. The third kappa shape index (κ3) is 2.18. The zero-order chi connectivity index (χ0) is 11.5. The highest BCUT2D eigenvalue weighted by molar-refractivity contribution is 6.30. The van der Waals surface area contributed by atoms with Gasteiger partial charge in [-0.2, -0.15) is 5.10 Å². The van der Waals surface area contributed by atoms with Gasteiger partial charge < -0.3 is 10.8 Å². The van der Waals surface area contributed by atoms with Gasteiger partial charge in [-0.25, -0.2) is 4.68 Å². The van der Waals surface area contributed by atoms with Crippen molar-refractivity contribution in [2.45, 2.75) is 13.1 Å². The number of nitrogens with zero attached hydrogens (tertiary/aromatic N) is 2. The van der Waals surface area contributed by atoms with Crippen LogP contribution in [-0.4, -0.2) is 14.9 Å². The maximum Gasteiger partial charge on any atom is 0.131 e. The Labute approximate surface area is 98.3 Å². The maximum absolute atomic E-state index is 9.33. The molecule has 0 spiro atoms. The Kier molecular flexibility index (Phi) is 3.12. The van der Waals surface area contributed by atoms with Crippen LogP contribution in [0.15, 0.2) is 30.5 Å². The number of nitrogens with two attached hydrogens (primary N) is 1. The van der Waals surface area contributed by atoms with Gasteiger partial charge in [0.25, 0.3) is 0 Å². The van der Waals surface area contributed by atoms with Gasteiger partial charge in [0.05, 0.1) is 12.7 Å². The van der Waals surface area contributed by atoms with E-state index in [9.17, 15) is 5.11 Å². The highest BCUT2D eigenvalue weighted by Crippen LogP contribution is 2.18. The van der Waals surface area contributed by atoms with Gasteiger partial charge in [0.15, 0.2) is 0 Å². The normalized spacial score (nSPS) is 10.6. The predicted octanol–water partition coefficient (Wildman–Crippen LogP) is 1.75. The van der Waals surface area contributed by atoms with Gasteiger partial charge in [-0.15, -0.1) is 0 Å². The molecule has 0 saturated carbocycles. The summed E-state index contributed by atoms with van der Waals surface area (Å²) < 4.78 is 1.65. The van der Waals surface area contributed by atoms with Crippen molar-refractivity contribution in [3.05, 3.63) is 46.7 Å². The first-order valence-corrected chi connectivity index (χ1v) is 5.26. The summed E-state index contributed by atoms with van der Waals surface area (Å²) in [5.41, 5.74) is 7.26. The molecule has 16 heavy (non-hydrogen) atoms. The number of phenolic OH excluding ortho intramolecular Hbond substituents is 1. The van der Waals surface area contributed by atoms with Crippen molar-refractivity contribution in [1.82, 2.24) is 9.78 Å². The van der Waals surface area contributed by atoms with Crippen LogP contribution in [0.2, 0.25) is 5.15 Å². The van der Waals surface area contributed by atoms with Crippen molar-refractivity contribution >= 4 is 11.6 Å². The molecule has 1 aromatic heterocycles. The molecule has 0 aliphatic heterocycles. The minimum absolute atomic E-state index is 0.236. The van der Waals surface area contributed by atoms with E-state index in [1.54, 1.807) is 29.1 Å². The van der Waals surface area contributed by atoms with Crippen molar-refractivity contribution in [2.24, 2.45) is 5.73 Å². The number of hydrogen-bond acceptors (Lipinski definition) is 3. The molecule has 2 rings (SSSR count). The third-order valence-corrected chi connectivity index (χ3v) is 2.75. The second-order valence-corrected chi connectivity index (χ2v) is 3.85. The molecule has 4 nitrogen and oxygen atoms in total. The smallest absolute Gasteiger partial charge is 0.131 e. The zero-order valence-electron chi connectivity index (χ0n) is 8.60. The van der Waals surface area contributed by atoms with E-state index in [1.165, 1.54) is 0 Å². The Morgan fingerprint density at radius 2 is 2.25 bits per heavy atom. The molecule has 0 aliphatic rings. The fourth-order valence-corrected chi connectivity index (χ4v) is 1.71. The molecule has 3 N–H and O–H groups in total. The summed E-state index contributed by atoms with van der Waals surface area (Å²) in [6.07, 6.45) is 1.66. The number of halogens is 1. The summed E-state index contributed by atoms with van der Waals surface area (Å²) in [6.45, 7) is 0.895. The number of aromatic nitrogens is 2. The van der Waals surface area contributed by atoms with Crippen LogP contribution in [0.1, 0.15) is 11.1 Å². The molecule has 5 heteroatoms. The molecule has 84 valence electrons. The number of hydrogen-bond donors (Lipinski definition) is 2. The van der Waals surface area contributed by atoms with E-state index in [1.807, 2.05) is 6.07 Å². The molecule has 0 radical (unpaired) electrons. The van der Waals surface area contributed by atoms with Gasteiger partial charge in [0.1, 0.15) is 10.9 Å². The number of benzene rings is 1. The van der Waals surface area contributed by atoms with Gasteiger partial charge in [-0.05, 0) is 17.7 Å². The summed E-state index contributed by atoms with van der Waals surface area (Å²) in [5.74, 6) is 0.236. The fourth-order valence-electron chi connectivity index (χ4n) is 1.48. The van der Waals surface area contributed by atoms with Gasteiger partial charge in [0.2, 0.25) is 0 Å². The van der Waals surface area contributed by atoms with E-state index in [4.69, 9.17) is 17.3 Å². The SMILES string of the molecule is NCc1cnn(Cc2cccc(O)c2)c1Cl. The molecule has 1 aromatic carbocycles. The highest BCUT2D eigenvalue weighted by atomic mass is 35.5. The second-order valence-electron chi connectivity index (χ2n) is 3.49. The molecule has 0 saturated heterocycles. The van der Waals surface area contributed by atoms with E-state index < -0.39 is 0 Å². The molecular formula is C11H12ClN3O.